The van der Waals surface area contributed by atoms with Crippen molar-refractivity contribution in [1.29, 1.82) is 0 Å². The lowest BCUT2D eigenvalue weighted by molar-refractivity contribution is -0.695. The van der Waals surface area contributed by atoms with E-state index >= 15 is 0 Å². The van der Waals surface area contributed by atoms with E-state index in [0.29, 0.717) is 25.9 Å². The van der Waals surface area contributed by atoms with Crippen LogP contribution in [0.3, 0.4) is 0 Å². The van der Waals surface area contributed by atoms with Crippen LogP contribution in [0.2, 0.25) is 0 Å². The van der Waals surface area contributed by atoms with Crippen LogP contribution in [0.4, 0.5) is 4.79 Å². The lowest BCUT2D eigenvalue weighted by atomic mass is 10.1. The van der Waals surface area contributed by atoms with Gasteiger partial charge in [0.2, 0.25) is 18.1 Å². The molecule has 3 amide bonds. The number of rotatable bonds is 16. The quantitative estimate of drug-likeness (QED) is 0.0963. The first kappa shape index (κ1) is 44.0. The Hall–Kier alpha value is -4.01. The van der Waals surface area contributed by atoms with E-state index in [1.54, 1.807) is 68.5 Å². The van der Waals surface area contributed by atoms with E-state index in [2.05, 4.69) is 20.9 Å². The average molecular weight is 768 g/mol. The van der Waals surface area contributed by atoms with Crippen molar-refractivity contribution >= 4 is 29.8 Å². The summed E-state index contributed by atoms with van der Waals surface area (Å²) in [7, 11) is 0. The molecule has 2 aromatic rings. The summed E-state index contributed by atoms with van der Waals surface area (Å²) in [6.45, 7) is 16.3. The lowest BCUT2D eigenvalue weighted by Gasteiger charge is -2.27. The monoisotopic (exact) mass is 766 g/mol. The molecule has 0 aliphatic heterocycles. The summed E-state index contributed by atoms with van der Waals surface area (Å²) in [6.07, 6.45) is 8.67. The average Bonchev–Trinajstić information content (AvgIpc) is 3.44. The van der Waals surface area contributed by atoms with Gasteiger partial charge in [-0.05, 0) is 94.1 Å². The number of hydrogen-bond acceptors (Lipinski definition) is 9. The first-order chi connectivity index (χ1) is 22.7. The second-order valence-corrected chi connectivity index (χ2v) is 14.8. The number of urea groups is 1. The second-order valence-electron chi connectivity index (χ2n) is 14.8. The highest BCUT2D eigenvalue weighted by molar-refractivity contribution is 5.87. The Morgan fingerprint density at radius 1 is 0.800 bits per heavy atom. The summed E-state index contributed by atoms with van der Waals surface area (Å²) in [6, 6.07) is 2.65. The van der Waals surface area contributed by atoms with E-state index in [-0.39, 0.29) is 48.6 Å². The highest BCUT2D eigenvalue weighted by Crippen LogP contribution is 2.15. The fraction of sp³-hybridized carbons (Fsp3) is 0.629. The van der Waals surface area contributed by atoms with Gasteiger partial charge in [-0.1, -0.05) is 6.07 Å². The Morgan fingerprint density at radius 3 is 1.92 bits per heavy atom. The Labute approximate surface area is 306 Å². The summed E-state index contributed by atoms with van der Waals surface area (Å²) >= 11 is 0. The van der Waals surface area contributed by atoms with Crippen LogP contribution in [0, 0.1) is 0 Å². The van der Waals surface area contributed by atoms with Crippen LogP contribution in [-0.2, 0) is 39.9 Å². The highest BCUT2D eigenvalue weighted by atomic mass is 79.9. The van der Waals surface area contributed by atoms with E-state index in [1.165, 1.54) is 0 Å². The van der Waals surface area contributed by atoms with Gasteiger partial charge in [0.05, 0.1) is 13.0 Å². The molecule has 15 heteroatoms. The maximum absolute atomic E-state index is 13.1. The first-order valence-corrected chi connectivity index (χ1v) is 16.7. The summed E-state index contributed by atoms with van der Waals surface area (Å²) < 4.78 is 20.1. The van der Waals surface area contributed by atoms with Gasteiger partial charge >= 0.3 is 23.9 Å². The molecule has 0 unspecified atom stereocenters. The zero-order chi connectivity index (χ0) is 36.8. The molecule has 2 heterocycles. The molecule has 0 aliphatic carbocycles. The van der Waals surface area contributed by atoms with Crippen molar-refractivity contribution in [2.75, 3.05) is 6.54 Å². The minimum atomic E-state index is -1.17. The van der Waals surface area contributed by atoms with Crippen LogP contribution in [0.25, 0.3) is 5.82 Å². The molecule has 0 spiro atoms. The Bertz CT molecular complexity index is 1400. The molecule has 14 nitrogen and oxygen atoms in total. The van der Waals surface area contributed by atoms with Gasteiger partial charge in [0, 0.05) is 25.2 Å². The number of aryl methyl sites for hydroxylation is 1. The third-order valence-corrected chi connectivity index (χ3v) is 6.49. The Balaban J connectivity index is 0.0000125. The van der Waals surface area contributed by atoms with Crippen LogP contribution in [0.5, 0.6) is 0 Å². The van der Waals surface area contributed by atoms with Gasteiger partial charge < -0.3 is 47.1 Å². The number of nitrogens with one attached hydrogen (secondary N) is 3. The number of esters is 3. The second kappa shape index (κ2) is 20.0. The third kappa shape index (κ3) is 18.7. The SMILES string of the molecule is CC(C)(C)OC(=O)CC[C@H](NC(=O)N[C@@H](CCCCNC(=O)CC[n+]1ccn(-c2ccccn2)c1)C(=O)OC(C)(C)C)C(=O)OC(C)(C)C.[Br-]. The van der Waals surface area contributed by atoms with Gasteiger partial charge in [0.25, 0.3) is 0 Å². The number of pyridine rings is 1. The number of imidazole rings is 1. The van der Waals surface area contributed by atoms with Crippen LogP contribution in [0.1, 0.15) is 101 Å². The molecule has 0 bridgehead atoms. The molecule has 0 saturated carbocycles. The Morgan fingerprint density at radius 2 is 1.38 bits per heavy atom. The largest absolute Gasteiger partial charge is 1.00 e. The molecule has 0 saturated heterocycles. The Kier molecular flexibility index (Phi) is 17.6. The molecule has 280 valence electrons. The van der Waals surface area contributed by atoms with Crippen LogP contribution >= 0.6 is 0 Å². The van der Waals surface area contributed by atoms with Crippen molar-refractivity contribution in [2.24, 2.45) is 0 Å². The fourth-order valence-electron chi connectivity index (χ4n) is 4.45. The maximum atomic E-state index is 13.1. The van der Waals surface area contributed by atoms with Gasteiger partial charge in [-0.2, -0.15) is 4.57 Å². The summed E-state index contributed by atoms with van der Waals surface area (Å²) in [5.41, 5.74) is -2.34. The van der Waals surface area contributed by atoms with Crippen molar-refractivity contribution < 1.29 is 59.7 Å². The van der Waals surface area contributed by atoms with Gasteiger partial charge in [0.1, 0.15) is 41.3 Å². The number of halogens is 1. The predicted molar refractivity (Wildman–Crippen MR) is 181 cm³/mol. The molecule has 3 N–H and O–H groups in total. The summed E-state index contributed by atoms with van der Waals surface area (Å²) in [5.74, 6) is -1.22. The molecule has 0 radical (unpaired) electrons. The zero-order valence-corrected chi connectivity index (χ0v) is 32.4. The number of aromatic nitrogens is 3. The van der Waals surface area contributed by atoms with Gasteiger partial charge in [-0.15, -0.1) is 0 Å². The van der Waals surface area contributed by atoms with Crippen LogP contribution in [-0.4, -0.2) is 74.8 Å². The smallest absolute Gasteiger partial charge is 0.329 e. The van der Waals surface area contributed by atoms with E-state index in [4.69, 9.17) is 14.2 Å². The van der Waals surface area contributed by atoms with E-state index < -0.39 is 52.8 Å². The van der Waals surface area contributed by atoms with Crippen molar-refractivity contribution in [3.8, 4) is 5.82 Å². The standard InChI is InChI=1S/C35H54N6O8.BrH/c1-33(2,3)47-29(43)17-16-26(31(45)49-35(7,8)9)39-32(46)38-25(30(44)48-34(4,5)6)14-10-12-20-37-28(42)18-21-40-22-23-41(24-40)27-15-11-13-19-36-27;/h11,13,15,19,22-26H,10,12,14,16-18,20-21H2,1-9H3,(H2-,37,38,39,42,46);1H/t25-,26-;/m0./s1. The number of carbonyl (C=O) groups is 5. The number of unbranched alkanes of at least 4 members (excludes halogenated alkanes) is 1. The number of hydrogen-bond donors (Lipinski definition) is 3. The van der Waals surface area contributed by atoms with Gasteiger partial charge in [-0.25, -0.2) is 23.9 Å². The molecule has 2 atom stereocenters. The lowest BCUT2D eigenvalue weighted by Crippen LogP contribution is -3.00. The minimum absolute atomic E-state index is 0. The molecule has 0 aromatic carbocycles. The third-order valence-electron chi connectivity index (χ3n) is 6.49. The molecule has 0 fully saturated rings. The van der Waals surface area contributed by atoms with Gasteiger partial charge in [0.15, 0.2) is 0 Å². The fourth-order valence-corrected chi connectivity index (χ4v) is 4.45. The molecular formula is C35H55BrN6O8. The highest BCUT2D eigenvalue weighted by Gasteiger charge is 2.31. The normalized spacial score (nSPS) is 12.8. The van der Waals surface area contributed by atoms with Crippen LogP contribution < -0.4 is 37.5 Å². The molecule has 2 rings (SSSR count). The predicted octanol–water partition coefficient (Wildman–Crippen LogP) is 0.682. The molecule has 2 aromatic heterocycles. The van der Waals surface area contributed by atoms with Crippen LogP contribution in [0.15, 0.2) is 43.1 Å². The number of ether oxygens (including phenoxy) is 3. The van der Waals surface area contributed by atoms with E-state index in [1.807, 2.05) is 46.1 Å². The molecule has 50 heavy (non-hydrogen) atoms. The van der Waals surface area contributed by atoms with Crippen molar-refractivity contribution in [3.05, 3.63) is 43.1 Å². The van der Waals surface area contributed by atoms with Crippen molar-refractivity contribution in [2.45, 2.75) is 136 Å². The van der Waals surface area contributed by atoms with E-state index in [9.17, 15) is 24.0 Å². The molecule has 0 aliphatic rings. The van der Waals surface area contributed by atoms with E-state index in [0.717, 1.165) is 5.82 Å². The minimum Gasteiger partial charge on any atom is -1.00 e. The summed E-state index contributed by atoms with van der Waals surface area (Å²) in [5, 5.41) is 8.07. The van der Waals surface area contributed by atoms with Crippen molar-refractivity contribution in [3.63, 3.8) is 0 Å². The number of amides is 3. The van der Waals surface area contributed by atoms with Crippen molar-refractivity contribution in [1.82, 2.24) is 25.5 Å². The zero-order valence-electron chi connectivity index (χ0n) is 30.8. The first-order valence-electron chi connectivity index (χ1n) is 16.7. The summed E-state index contributed by atoms with van der Waals surface area (Å²) in [4.78, 5) is 68.2. The topological polar surface area (TPSA) is 171 Å². The number of carbonyl (C=O) groups excluding carboxylic acids is 5. The molecular weight excluding hydrogens is 712 g/mol. The van der Waals surface area contributed by atoms with Gasteiger partial charge in [-0.3, -0.25) is 9.59 Å². The number of nitrogens with zero attached hydrogens (tertiary/aromatic N) is 3. The maximum Gasteiger partial charge on any atom is 0.329 e.